The maximum atomic E-state index is 11.5. The van der Waals surface area contributed by atoms with E-state index in [9.17, 15) is 4.79 Å². The quantitative estimate of drug-likeness (QED) is 0.821. The second-order valence-corrected chi connectivity index (χ2v) is 4.58. The minimum atomic E-state index is -0.490. The van der Waals surface area contributed by atoms with E-state index in [4.69, 9.17) is 10.5 Å². The third-order valence-electron chi connectivity index (χ3n) is 3.56. The molecule has 1 fully saturated rings. The highest BCUT2D eigenvalue weighted by Crippen LogP contribution is 2.35. The number of carbonyl (C=O) groups is 1. The monoisotopic (exact) mass is 253 g/mol. The summed E-state index contributed by atoms with van der Waals surface area (Å²) in [6.07, 6.45) is 3.16. The molecule has 2 unspecified atom stereocenters. The van der Waals surface area contributed by atoms with Crippen LogP contribution >= 0.6 is 0 Å². The number of hydrogen-bond acceptors (Lipinski definition) is 5. The van der Waals surface area contributed by atoms with E-state index in [1.807, 2.05) is 11.5 Å². The standard InChI is InChI=1S/C12H19N3O3/c1-7-14-10(12(16)18-3)11(13)15(7)8-4-5-9(6-8)17-2/h8-9H,4-6,13H2,1-3H3. The van der Waals surface area contributed by atoms with Gasteiger partial charge in [0.05, 0.1) is 13.2 Å². The number of aryl methyl sites for hydroxylation is 1. The molecule has 1 saturated carbocycles. The van der Waals surface area contributed by atoms with Gasteiger partial charge in [0.2, 0.25) is 0 Å². The van der Waals surface area contributed by atoms with Crippen LogP contribution in [-0.4, -0.2) is 35.8 Å². The van der Waals surface area contributed by atoms with Crippen molar-refractivity contribution in [2.75, 3.05) is 20.0 Å². The predicted molar refractivity (Wildman–Crippen MR) is 66.4 cm³/mol. The van der Waals surface area contributed by atoms with Crippen molar-refractivity contribution in [3.63, 3.8) is 0 Å². The van der Waals surface area contributed by atoms with E-state index in [1.165, 1.54) is 7.11 Å². The first kappa shape index (κ1) is 12.9. The van der Waals surface area contributed by atoms with Gasteiger partial charge in [0.15, 0.2) is 5.69 Å². The fraction of sp³-hybridized carbons (Fsp3) is 0.667. The van der Waals surface area contributed by atoms with Gasteiger partial charge in [-0.1, -0.05) is 0 Å². The molecule has 1 heterocycles. The molecule has 0 saturated heterocycles. The zero-order valence-electron chi connectivity index (χ0n) is 11.0. The minimum absolute atomic E-state index is 0.205. The molecular formula is C12H19N3O3. The van der Waals surface area contributed by atoms with Crippen LogP contribution in [0.15, 0.2) is 0 Å². The number of rotatable bonds is 3. The van der Waals surface area contributed by atoms with E-state index in [0.29, 0.717) is 5.82 Å². The zero-order chi connectivity index (χ0) is 13.3. The Morgan fingerprint density at radius 2 is 2.17 bits per heavy atom. The van der Waals surface area contributed by atoms with Crippen molar-refractivity contribution in [2.45, 2.75) is 38.3 Å². The molecule has 18 heavy (non-hydrogen) atoms. The number of imidazole rings is 1. The summed E-state index contributed by atoms with van der Waals surface area (Å²) in [5.41, 5.74) is 6.21. The Hall–Kier alpha value is -1.56. The smallest absolute Gasteiger partial charge is 0.360 e. The molecule has 2 atom stereocenters. The van der Waals surface area contributed by atoms with Gasteiger partial charge < -0.3 is 19.8 Å². The van der Waals surface area contributed by atoms with E-state index in [2.05, 4.69) is 9.72 Å². The number of esters is 1. The molecule has 0 spiro atoms. The molecule has 0 aromatic carbocycles. The Labute approximate surface area is 106 Å². The number of nitrogens with two attached hydrogens (primary N) is 1. The Kier molecular flexibility index (Phi) is 3.56. The first-order valence-corrected chi connectivity index (χ1v) is 6.03. The molecule has 1 aromatic heterocycles. The van der Waals surface area contributed by atoms with Crippen molar-refractivity contribution in [1.82, 2.24) is 9.55 Å². The number of carbonyl (C=O) groups excluding carboxylic acids is 1. The van der Waals surface area contributed by atoms with E-state index in [1.54, 1.807) is 7.11 Å². The predicted octanol–water partition coefficient (Wildman–Crippen LogP) is 1.30. The molecule has 1 aliphatic carbocycles. The van der Waals surface area contributed by atoms with Gasteiger partial charge in [0, 0.05) is 13.2 Å². The minimum Gasteiger partial charge on any atom is -0.464 e. The normalized spacial score (nSPS) is 23.3. The fourth-order valence-electron chi connectivity index (χ4n) is 2.64. The number of methoxy groups -OCH3 is 2. The van der Waals surface area contributed by atoms with Crippen LogP contribution < -0.4 is 5.73 Å². The number of ether oxygens (including phenoxy) is 2. The summed E-state index contributed by atoms with van der Waals surface area (Å²) in [4.78, 5) is 15.7. The number of aromatic nitrogens is 2. The molecule has 0 bridgehead atoms. The maximum Gasteiger partial charge on any atom is 0.360 e. The second-order valence-electron chi connectivity index (χ2n) is 4.58. The Morgan fingerprint density at radius 1 is 1.44 bits per heavy atom. The van der Waals surface area contributed by atoms with E-state index < -0.39 is 5.97 Å². The Bertz CT molecular complexity index is 456. The highest BCUT2D eigenvalue weighted by Gasteiger charge is 2.30. The van der Waals surface area contributed by atoms with Crippen molar-refractivity contribution < 1.29 is 14.3 Å². The molecule has 6 heteroatoms. The summed E-state index contributed by atoms with van der Waals surface area (Å²) in [6, 6.07) is 0.251. The molecule has 0 amide bonds. The van der Waals surface area contributed by atoms with Crippen LogP contribution in [0.1, 0.15) is 41.6 Å². The van der Waals surface area contributed by atoms with Crippen molar-refractivity contribution in [1.29, 1.82) is 0 Å². The van der Waals surface area contributed by atoms with Crippen LogP contribution in [0.5, 0.6) is 0 Å². The number of hydrogen-bond donors (Lipinski definition) is 1. The molecule has 100 valence electrons. The Balaban J connectivity index is 2.29. The summed E-state index contributed by atoms with van der Waals surface area (Å²) >= 11 is 0. The van der Waals surface area contributed by atoms with E-state index in [0.717, 1.165) is 25.1 Å². The van der Waals surface area contributed by atoms with Crippen LogP contribution in [0.2, 0.25) is 0 Å². The van der Waals surface area contributed by atoms with Gasteiger partial charge in [0.25, 0.3) is 0 Å². The third-order valence-corrected chi connectivity index (χ3v) is 3.56. The Morgan fingerprint density at radius 3 is 2.72 bits per heavy atom. The van der Waals surface area contributed by atoms with Gasteiger partial charge in [-0.25, -0.2) is 9.78 Å². The molecule has 2 rings (SSSR count). The first-order valence-electron chi connectivity index (χ1n) is 6.03. The van der Waals surface area contributed by atoms with Crippen LogP contribution in [-0.2, 0) is 9.47 Å². The summed E-state index contributed by atoms with van der Waals surface area (Å²) in [7, 11) is 3.05. The molecule has 1 aromatic rings. The van der Waals surface area contributed by atoms with Crippen LogP contribution in [0, 0.1) is 6.92 Å². The summed E-state index contributed by atoms with van der Waals surface area (Å²) < 4.78 is 11.9. The van der Waals surface area contributed by atoms with Gasteiger partial charge in [-0.3, -0.25) is 0 Å². The van der Waals surface area contributed by atoms with E-state index in [-0.39, 0.29) is 17.8 Å². The van der Waals surface area contributed by atoms with Crippen molar-refractivity contribution in [3.05, 3.63) is 11.5 Å². The van der Waals surface area contributed by atoms with Crippen molar-refractivity contribution in [2.24, 2.45) is 0 Å². The number of nitrogens with zero attached hydrogens (tertiary/aromatic N) is 2. The zero-order valence-corrected chi connectivity index (χ0v) is 11.0. The fourth-order valence-corrected chi connectivity index (χ4v) is 2.64. The SMILES string of the molecule is COC(=O)c1nc(C)n(C2CCC(OC)C2)c1N. The number of nitrogen functional groups attached to an aromatic ring is 1. The molecule has 0 aliphatic heterocycles. The van der Waals surface area contributed by atoms with Gasteiger partial charge >= 0.3 is 5.97 Å². The summed E-state index contributed by atoms with van der Waals surface area (Å²) in [5, 5.41) is 0. The summed E-state index contributed by atoms with van der Waals surface area (Å²) in [5.74, 6) is 0.645. The second kappa shape index (κ2) is 4.97. The van der Waals surface area contributed by atoms with Crippen molar-refractivity contribution >= 4 is 11.8 Å². The lowest BCUT2D eigenvalue weighted by Gasteiger charge is -2.16. The summed E-state index contributed by atoms with van der Waals surface area (Å²) in [6.45, 7) is 1.85. The maximum absolute atomic E-state index is 11.5. The van der Waals surface area contributed by atoms with Gasteiger partial charge in [0.1, 0.15) is 11.6 Å². The van der Waals surface area contributed by atoms with Gasteiger partial charge in [-0.05, 0) is 26.2 Å². The van der Waals surface area contributed by atoms with Crippen LogP contribution in [0.3, 0.4) is 0 Å². The molecule has 1 aliphatic rings. The topological polar surface area (TPSA) is 79.4 Å². The van der Waals surface area contributed by atoms with Gasteiger partial charge in [-0.2, -0.15) is 0 Å². The molecule has 0 radical (unpaired) electrons. The highest BCUT2D eigenvalue weighted by atomic mass is 16.5. The molecular weight excluding hydrogens is 234 g/mol. The highest BCUT2D eigenvalue weighted by molar-refractivity contribution is 5.92. The van der Waals surface area contributed by atoms with Crippen LogP contribution in [0.25, 0.3) is 0 Å². The third kappa shape index (κ3) is 2.08. The largest absolute Gasteiger partial charge is 0.464 e. The van der Waals surface area contributed by atoms with Crippen molar-refractivity contribution in [3.8, 4) is 0 Å². The average Bonchev–Trinajstić information content (AvgIpc) is 2.93. The average molecular weight is 253 g/mol. The molecule has 6 nitrogen and oxygen atoms in total. The molecule has 2 N–H and O–H groups in total. The lowest BCUT2D eigenvalue weighted by molar-refractivity contribution is 0.0595. The van der Waals surface area contributed by atoms with Gasteiger partial charge in [-0.15, -0.1) is 0 Å². The van der Waals surface area contributed by atoms with Crippen LogP contribution in [0.4, 0.5) is 5.82 Å². The number of anilines is 1. The lowest BCUT2D eigenvalue weighted by atomic mass is 10.2. The van der Waals surface area contributed by atoms with E-state index >= 15 is 0 Å². The first-order chi connectivity index (χ1) is 8.58. The lowest BCUT2D eigenvalue weighted by Crippen LogP contribution is -2.13.